The number of anilines is 1. The van der Waals surface area contributed by atoms with Crippen molar-refractivity contribution in [2.75, 3.05) is 5.43 Å². The molecule has 0 aliphatic heterocycles. The molecule has 0 spiro atoms. The molecule has 0 aliphatic carbocycles. The van der Waals surface area contributed by atoms with Crippen molar-refractivity contribution in [1.82, 2.24) is 0 Å². The molecule has 90 valence electrons. The Kier molecular flexibility index (Phi) is 4.69. The number of aromatic carboxylic acids is 1. The summed E-state index contributed by atoms with van der Waals surface area (Å²) in [5.74, 6) is 3.67. The van der Waals surface area contributed by atoms with E-state index in [0.717, 1.165) is 18.2 Å². The van der Waals surface area contributed by atoms with E-state index in [4.69, 9.17) is 15.5 Å². The lowest BCUT2D eigenvalue weighted by molar-refractivity contribution is 0.0697. The highest BCUT2D eigenvalue weighted by molar-refractivity contribution is 7.85. The van der Waals surface area contributed by atoms with Gasteiger partial charge in [0.15, 0.2) is 0 Å². The number of hydrogen-bond acceptors (Lipinski definition) is 5. The molecular formula is C7H9ClN2O5S. The maximum absolute atomic E-state index is 10.7. The number of carbonyl (C=O) groups is 1. The van der Waals surface area contributed by atoms with Crippen LogP contribution in [-0.2, 0) is 10.1 Å². The van der Waals surface area contributed by atoms with E-state index in [2.05, 4.69) is 5.43 Å². The minimum atomic E-state index is -4.42. The Labute approximate surface area is 97.4 Å². The highest BCUT2D eigenvalue weighted by atomic mass is 35.5. The molecule has 0 heterocycles. The van der Waals surface area contributed by atoms with Crippen molar-refractivity contribution >= 4 is 34.2 Å². The van der Waals surface area contributed by atoms with Crippen LogP contribution in [0.1, 0.15) is 10.4 Å². The van der Waals surface area contributed by atoms with Crippen molar-refractivity contribution in [3.63, 3.8) is 0 Å². The second-order valence-electron chi connectivity index (χ2n) is 2.63. The maximum Gasteiger partial charge on any atom is 0.337 e. The predicted octanol–water partition coefficient (Wildman–Crippen LogP) is 0.339. The van der Waals surface area contributed by atoms with Crippen LogP contribution in [-0.4, -0.2) is 24.0 Å². The highest BCUT2D eigenvalue weighted by Crippen LogP contribution is 2.19. The average molecular weight is 269 g/mol. The second kappa shape index (κ2) is 5.12. The number of rotatable bonds is 3. The van der Waals surface area contributed by atoms with Gasteiger partial charge in [0.05, 0.1) is 16.1 Å². The lowest BCUT2D eigenvalue weighted by Gasteiger charge is -2.05. The molecule has 7 nitrogen and oxygen atoms in total. The van der Waals surface area contributed by atoms with Crippen LogP contribution in [0.2, 0.25) is 0 Å². The van der Waals surface area contributed by atoms with E-state index in [-0.39, 0.29) is 23.7 Å². The first-order valence-corrected chi connectivity index (χ1v) is 5.11. The smallest absolute Gasteiger partial charge is 0.337 e. The van der Waals surface area contributed by atoms with E-state index < -0.39 is 21.0 Å². The Balaban J connectivity index is 0.00000225. The molecule has 0 unspecified atom stereocenters. The van der Waals surface area contributed by atoms with Crippen LogP contribution < -0.4 is 11.3 Å². The van der Waals surface area contributed by atoms with Crippen molar-refractivity contribution in [1.29, 1.82) is 0 Å². The van der Waals surface area contributed by atoms with E-state index in [1.54, 1.807) is 0 Å². The van der Waals surface area contributed by atoms with Gasteiger partial charge in [-0.05, 0) is 18.2 Å². The highest BCUT2D eigenvalue weighted by Gasteiger charge is 2.16. The standard InChI is InChI=1S/C7H8N2O5S.ClH/c8-9-6-2-1-4(15(12,13)14)3-5(6)7(10)11;/h1-3,9H,8H2,(H,10,11)(H,12,13,14);1H. The summed E-state index contributed by atoms with van der Waals surface area (Å²) in [5.41, 5.74) is 1.81. The van der Waals surface area contributed by atoms with Crippen molar-refractivity contribution in [2.45, 2.75) is 4.90 Å². The van der Waals surface area contributed by atoms with Gasteiger partial charge in [0.25, 0.3) is 10.1 Å². The van der Waals surface area contributed by atoms with Crippen LogP contribution in [0.25, 0.3) is 0 Å². The van der Waals surface area contributed by atoms with Gasteiger partial charge in [0.1, 0.15) is 0 Å². The number of benzene rings is 1. The Morgan fingerprint density at radius 3 is 2.31 bits per heavy atom. The molecule has 1 rings (SSSR count). The zero-order valence-corrected chi connectivity index (χ0v) is 9.38. The average Bonchev–Trinajstić information content (AvgIpc) is 2.15. The van der Waals surface area contributed by atoms with Crippen molar-refractivity contribution < 1.29 is 22.9 Å². The van der Waals surface area contributed by atoms with Gasteiger partial charge < -0.3 is 10.5 Å². The Morgan fingerprint density at radius 2 is 1.94 bits per heavy atom. The molecule has 0 aromatic heterocycles. The quantitative estimate of drug-likeness (QED) is 0.353. The topological polar surface area (TPSA) is 130 Å². The van der Waals surface area contributed by atoms with E-state index >= 15 is 0 Å². The van der Waals surface area contributed by atoms with Crippen molar-refractivity contribution in [3.05, 3.63) is 23.8 Å². The van der Waals surface area contributed by atoms with Crippen LogP contribution >= 0.6 is 12.4 Å². The fourth-order valence-electron chi connectivity index (χ4n) is 0.987. The summed E-state index contributed by atoms with van der Waals surface area (Å²) in [6.07, 6.45) is 0. The molecule has 0 saturated carbocycles. The molecule has 0 radical (unpaired) electrons. The Morgan fingerprint density at radius 1 is 1.38 bits per heavy atom. The molecule has 9 heteroatoms. The third kappa shape index (κ3) is 3.07. The minimum absolute atomic E-state index is 0. The van der Waals surface area contributed by atoms with E-state index in [1.807, 2.05) is 0 Å². The molecule has 1 aromatic rings. The van der Waals surface area contributed by atoms with Gasteiger partial charge in [-0.15, -0.1) is 12.4 Å². The summed E-state index contributed by atoms with van der Waals surface area (Å²) >= 11 is 0. The van der Waals surface area contributed by atoms with E-state index in [9.17, 15) is 13.2 Å². The van der Waals surface area contributed by atoms with Crippen molar-refractivity contribution in [3.8, 4) is 0 Å². The molecular weight excluding hydrogens is 260 g/mol. The van der Waals surface area contributed by atoms with Gasteiger partial charge in [-0.3, -0.25) is 10.4 Å². The fourth-order valence-corrected chi connectivity index (χ4v) is 1.49. The van der Waals surface area contributed by atoms with Gasteiger partial charge in [0, 0.05) is 0 Å². The van der Waals surface area contributed by atoms with Crippen LogP contribution in [0.3, 0.4) is 0 Å². The number of hydrazine groups is 1. The number of carboxylic acids is 1. The van der Waals surface area contributed by atoms with Crippen LogP contribution in [0, 0.1) is 0 Å². The Bertz CT molecular complexity index is 501. The summed E-state index contributed by atoms with van der Waals surface area (Å²) in [6, 6.07) is 3.00. The first-order chi connectivity index (χ1) is 6.86. The summed E-state index contributed by atoms with van der Waals surface area (Å²) in [4.78, 5) is 10.2. The molecule has 1 aromatic carbocycles. The Hall–Kier alpha value is -1.35. The predicted molar refractivity (Wildman–Crippen MR) is 58.3 cm³/mol. The van der Waals surface area contributed by atoms with Crippen molar-refractivity contribution in [2.24, 2.45) is 5.84 Å². The summed E-state index contributed by atoms with van der Waals surface area (Å²) in [5, 5.41) is 8.71. The molecule has 0 fully saturated rings. The van der Waals surface area contributed by atoms with Gasteiger partial charge in [-0.2, -0.15) is 8.42 Å². The molecule has 16 heavy (non-hydrogen) atoms. The first-order valence-electron chi connectivity index (χ1n) is 3.67. The largest absolute Gasteiger partial charge is 0.478 e. The van der Waals surface area contributed by atoms with E-state index in [1.165, 1.54) is 0 Å². The van der Waals surface area contributed by atoms with Crippen LogP contribution in [0.4, 0.5) is 5.69 Å². The molecule has 5 N–H and O–H groups in total. The number of nitrogens with two attached hydrogens (primary N) is 1. The van der Waals surface area contributed by atoms with Gasteiger partial charge in [-0.25, -0.2) is 4.79 Å². The SMILES string of the molecule is Cl.NNc1ccc(S(=O)(=O)O)cc1C(=O)O. The third-order valence-electron chi connectivity index (χ3n) is 1.67. The third-order valence-corrected chi connectivity index (χ3v) is 2.52. The summed E-state index contributed by atoms with van der Waals surface area (Å²) < 4.78 is 30.1. The van der Waals surface area contributed by atoms with Gasteiger partial charge in [-0.1, -0.05) is 0 Å². The van der Waals surface area contributed by atoms with Crippen LogP contribution in [0.5, 0.6) is 0 Å². The summed E-state index contributed by atoms with van der Waals surface area (Å²) in [7, 11) is -4.42. The lowest BCUT2D eigenvalue weighted by Crippen LogP contribution is -2.12. The summed E-state index contributed by atoms with van der Waals surface area (Å²) in [6.45, 7) is 0. The second-order valence-corrected chi connectivity index (χ2v) is 4.05. The number of hydrogen-bond donors (Lipinski definition) is 4. The fraction of sp³-hybridized carbons (Fsp3) is 0. The number of nitrogen functional groups attached to an aromatic ring is 1. The number of halogens is 1. The van der Waals surface area contributed by atoms with Crippen LogP contribution in [0.15, 0.2) is 23.1 Å². The number of carboxylic acid groups (broad SMARTS) is 1. The molecule has 0 atom stereocenters. The normalized spacial score (nSPS) is 10.4. The first kappa shape index (κ1) is 14.6. The molecule has 0 bridgehead atoms. The zero-order chi connectivity index (χ0) is 11.6. The van der Waals surface area contributed by atoms with E-state index in [0.29, 0.717) is 0 Å². The maximum atomic E-state index is 10.7. The molecule has 0 aliphatic rings. The molecule has 0 amide bonds. The van der Waals surface area contributed by atoms with Gasteiger partial charge >= 0.3 is 5.97 Å². The zero-order valence-electron chi connectivity index (χ0n) is 7.75. The van der Waals surface area contributed by atoms with Gasteiger partial charge in [0.2, 0.25) is 0 Å². The monoisotopic (exact) mass is 268 g/mol. The number of nitrogens with one attached hydrogen (secondary N) is 1. The molecule has 0 saturated heterocycles. The minimum Gasteiger partial charge on any atom is -0.478 e. The lowest BCUT2D eigenvalue weighted by atomic mass is 10.2.